The number of thiazole rings is 1. The maximum absolute atomic E-state index is 11.8. The Labute approximate surface area is 104 Å². The fourth-order valence-electron chi connectivity index (χ4n) is 1.05. The van der Waals surface area contributed by atoms with Gasteiger partial charge in [-0.15, -0.1) is 23.7 Å². The second-order valence-corrected chi connectivity index (χ2v) is 5.33. The highest BCUT2D eigenvalue weighted by atomic mass is 35.5. The lowest BCUT2D eigenvalue weighted by atomic mass is 10.4. The van der Waals surface area contributed by atoms with Crippen LogP contribution in [-0.2, 0) is 10.0 Å². The van der Waals surface area contributed by atoms with E-state index < -0.39 is 10.0 Å². The number of anilines is 1. The third-order valence-electron chi connectivity index (χ3n) is 1.71. The molecule has 0 aliphatic rings. The van der Waals surface area contributed by atoms with Gasteiger partial charge in [0.1, 0.15) is 0 Å². The lowest BCUT2D eigenvalue weighted by molar-refractivity contribution is 0.601. The van der Waals surface area contributed by atoms with Crippen LogP contribution >= 0.6 is 23.7 Å². The molecule has 2 aromatic rings. The predicted molar refractivity (Wildman–Crippen MR) is 66.6 cm³/mol. The van der Waals surface area contributed by atoms with Gasteiger partial charge in [-0.3, -0.25) is 4.72 Å². The molecular weight excluding hydrogens is 268 g/mol. The van der Waals surface area contributed by atoms with Crippen LogP contribution < -0.4 is 4.72 Å². The van der Waals surface area contributed by atoms with Crippen LogP contribution in [0.25, 0.3) is 0 Å². The van der Waals surface area contributed by atoms with Gasteiger partial charge in [-0.05, 0) is 12.1 Å². The molecule has 2 rings (SSSR count). The fraction of sp³-hybridized carbons (Fsp3) is 0. The van der Waals surface area contributed by atoms with Gasteiger partial charge in [0, 0.05) is 11.6 Å². The SMILES string of the molecule is Cl.O=S(=O)(Nc1nccs1)c1ccccc1. The van der Waals surface area contributed by atoms with E-state index in [0.717, 1.165) is 0 Å². The lowest BCUT2D eigenvalue weighted by Crippen LogP contribution is -2.12. The highest BCUT2D eigenvalue weighted by molar-refractivity contribution is 7.93. The highest BCUT2D eigenvalue weighted by Gasteiger charge is 2.13. The summed E-state index contributed by atoms with van der Waals surface area (Å²) in [5.74, 6) is 0. The van der Waals surface area contributed by atoms with Crippen LogP contribution in [0.1, 0.15) is 0 Å². The quantitative estimate of drug-likeness (QED) is 0.936. The van der Waals surface area contributed by atoms with Crippen LogP contribution in [0, 0.1) is 0 Å². The molecule has 1 aromatic heterocycles. The van der Waals surface area contributed by atoms with Gasteiger partial charge < -0.3 is 0 Å². The summed E-state index contributed by atoms with van der Waals surface area (Å²) in [6, 6.07) is 8.20. The number of benzene rings is 1. The zero-order valence-electron chi connectivity index (χ0n) is 8.03. The van der Waals surface area contributed by atoms with E-state index in [-0.39, 0.29) is 17.3 Å². The normalized spacial score (nSPS) is 10.5. The van der Waals surface area contributed by atoms with Crippen molar-refractivity contribution in [3.05, 3.63) is 41.9 Å². The third-order valence-corrected chi connectivity index (χ3v) is 3.88. The van der Waals surface area contributed by atoms with Gasteiger partial charge in [0.2, 0.25) is 0 Å². The topological polar surface area (TPSA) is 59.1 Å². The molecule has 86 valence electrons. The van der Waals surface area contributed by atoms with Crippen molar-refractivity contribution in [1.29, 1.82) is 0 Å². The molecule has 0 aliphatic carbocycles. The molecule has 1 aromatic carbocycles. The number of aromatic nitrogens is 1. The average molecular weight is 277 g/mol. The summed E-state index contributed by atoms with van der Waals surface area (Å²) in [5.41, 5.74) is 0. The van der Waals surface area contributed by atoms with Crippen LogP contribution in [0.15, 0.2) is 46.8 Å². The molecule has 0 unspecified atom stereocenters. The fourth-order valence-corrected chi connectivity index (χ4v) is 2.86. The van der Waals surface area contributed by atoms with E-state index in [1.165, 1.54) is 23.5 Å². The van der Waals surface area contributed by atoms with E-state index in [1.54, 1.807) is 29.8 Å². The standard InChI is InChI=1S/C9H8N2O2S2.ClH/c12-15(13,8-4-2-1-3-5-8)11-9-10-6-7-14-9;/h1-7H,(H,10,11);1H. The molecule has 4 nitrogen and oxygen atoms in total. The zero-order valence-corrected chi connectivity index (χ0v) is 10.5. The molecule has 0 saturated carbocycles. The molecule has 1 N–H and O–H groups in total. The molecular formula is C9H9ClN2O2S2. The second-order valence-electron chi connectivity index (χ2n) is 2.76. The van der Waals surface area contributed by atoms with Gasteiger partial charge >= 0.3 is 0 Å². The van der Waals surface area contributed by atoms with E-state index in [2.05, 4.69) is 9.71 Å². The zero-order chi connectivity index (χ0) is 10.7. The Morgan fingerprint density at radius 2 is 1.88 bits per heavy atom. The maximum atomic E-state index is 11.8. The summed E-state index contributed by atoms with van der Waals surface area (Å²) in [6.07, 6.45) is 1.55. The average Bonchev–Trinajstić information content (AvgIpc) is 2.71. The largest absolute Gasteiger partial charge is 0.263 e. The van der Waals surface area contributed by atoms with Crippen molar-refractivity contribution in [2.24, 2.45) is 0 Å². The van der Waals surface area contributed by atoms with Crippen LogP contribution in [-0.4, -0.2) is 13.4 Å². The Balaban J connectivity index is 0.00000128. The number of halogens is 1. The molecule has 0 atom stereocenters. The van der Waals surface area contributed by atoms with E-state index in [0.29, 0.717) is 5.13 Å². The van der Waals surface area contributed by atoms with Crippen molar-refractivity contribution in [3.8, 4) is 0 Å². The second kappa shape index (κ2) is 5.29. The van der Waals surface area contributed by atoms with Crippen LogP contribution in [0.5, 0.6) is 0 Å². The van der Waals surface area contributed by atoms with Crippen molar-refractivity contribution >= 4 is 38.9 Å². The monoisotopic (exact) mass is 276 g/mol. The molecule has 0 saturated heterocycles. The van der Waals surface area contributed by atoms with Crippen molar-refractivity contribution in [1.82, 2.24) is 4.98 Å². The Kier molecular flexibility index (Phi) is 4.28. The summed E-state index contributed by atoms with van der Waals surface area (Å²) in [5, 5.41) is 2.09. The van der Waals surface area contributed by atoms with Crippen molar-refractivity contribution in [2.75, 3.05) is 4.72 Å². The Hall–Kier alpha value is -1.11. The molecule has 7 heteroatoms. The maximum Gasteiger partial charge on any atom is 0.263 e. The molecule has 16 heavy (non-hydrogen) atoms. The first-order chi connectivity index (χ1) is 7.18. The predicted octanol–water partition coefficient (Wildman–Crippen LogP) is 2.37. The van der Waals surface area contributed by atoms with Gasteiger partial charge in [0.15, 0.2) is 5.13 Å². The molecule has 0 bridgehead atoms. The summed E-state index contributed by atoms with van der Waals surface area (Å²) in [6.45, 7) is 0. The van der Waals surface area contributed by atoms with Gasteiger partial charge in [0.05, 0.1) is 4.90 Å². The number of hydrogen-bond acceptors (Lipinski definition) is 4. The molecule has 1 heterocycles. The molecule has 0 aliphatic heterocycles. The van der Waals surface area contributed by atoms with Crippen molar-refractivity contribution in [3.63, 3.8) is 0 Å². The van der Waals surface area contributed by atoms with Gasteiger partial charge in [0.25, 0.3) is 10.0 Å². The van der Waals surface area contributed by atoms with Crippen LogP contribution in [0.2, 0.25) is 0 Å². The van der Waals surface area contributed by atoms with Crippen LogP contribution in [0.4, 0.5) is 5.13 Å². The number of rotatable bonds is 3. The van der Waals surface area contributed by atoms with Gasteiger partial charge in [-0.2, -0.15) is 0 Å². The van der Waals surface area contributed by atoms with E-state index in [9.17, 15) is 8.42 Å². The summed E-state index contributed by atoms with van der Waals surface area (Å²) < 4.78 is 25.9. The summed E-state index contributed by atoms with van der Waals surface area (Å²) in [7, 11) is -3.49. The van der Waals surface area contributed by atoms with Crippen molar-refractivity contribution in [2.45, 2.75) is 4.90 Å². The Bertz CT molecular complexity index is 526. The number of nitrogens with one attached hydrogen (secondary N) is 1. The first-order valence-corrected chi connectivity index (χ1v) is 6.52. The third kappa shape index (κ3) is 2.94. The molecule has 0 amide bonds. The molecule has 0 fully saturated rings. The van der Waals surface area contributed by atoms with E-state index >= 15 is 0 Å². The van der Waals surface area contributed by atoms with Crippen LogP contribution in [0.3, 0.4) is 0 Å². The molecule has 0 spiro atoms. The lowest BCUT2D eigenvalue weighted by Gasteiger charge is -2.03. The smallest absolute Gasteiger partial charge is 0.255 e. The number of hydrogen-bond donors (Lipinski definition) is 1. The molecule has 0 radical (unpaired) electrons. The van der Waals surface area contributed by atoms with E-state index in [4.69, 9.17) is 0 Å². The minimum Gasteiger partial charge on any atom is -0.255 e. The minimum absolute atomic E-state index is 0. The minimum atomic E-state index is -3.49. The summed E-state index contributed by atoms with van der Waals surface area (Å²) in [4.78, 5) is 4.09. The number of sulfonamides is 1. The van der Waals surface area contributed by atoms with Gasteiger partial charge in [-0.1, -0.05) is 18.2 Å². The van der Waals surface area contributed by atoms with Crippen molar-refractivity contribution < 1.29 is 8.42 Å². The Morgan fingerprint density at radius 1 is 1.19 bits per heavy atom. The summed E-state index contributed by atoms with van der Waals surface area (Å²) >= 11 is 1.24. The highest BCUT2D eigenvalue weighted by Crippen LogP contribution is 2.17. The first-order valence-electron chi connectivity index (χ1n) is 4.16. The van der Waals surface area contributed by atoms with Gasteiger partial charge in [-0.25, -0.2) is 13.4 Å². The number of nitrogens with zero attached hydrogens (tertiary/aromatic N) is 1. The first kappa shape index (κ1) is 13.0. The van der Waals surface area contributed by atoms with E-state index in [1.807, 2.05) is 0 Å². The Morgan fingerprint density at radius 3 is 2.44 bits per heavy atom.